The van der Waals surface area contributed by atoms with Crippen LogP contribution in [0.5, 0.6) is 0 Å². The van der Waals surface area contributed by atoms with Crippen LogP contribution in [-0.4, -0.2) is 23.5 Å². The predicted molar refractivity (Wildman–Crippen MR) is 61.3 cm³/mol. The van der Waals surface area contributed by atoms with Crippen molar-refractivity contribution in [1.82, 2.24) is 4.90 Å². The lowest BCUT2D eigenvalue weighted by Crippen LogP contribution is -2.42. The number of fused-ring (bicyclic) bond motifs is 2. The van der Waals surface area contributed by atoms with Gasteiger partial charge in [-0.05, 0) is 43.9 Å². The largest absolute Gasteiger partial charge is 0.298 e. The summed E-state index contributed by atoms with van der Waals surface area (Å²) in [4.78, 5) is 2.72. The van der Waals surface area contributed by atoms with Gasteiger partial charge in [0.25, 0.3) is 0 Å². The molecule has 2 fully saturated rings. The quantitative estimate of drug-likeness (QED) is 0.621. The molecule has 2 unspecified atom stereocenters. The highest BCUT2D eigenvalue weighted by atomic mass is 15.2. The van der Waals surface area contributed by atoms with E-state index in [-0.39, 0.29) is 0 Å². The minimum absolute atomic E-state index is 0.530. The van der Waals surface area contributed by atoms with Crippen molar-refractivity contribution in [1.29, 1.82) is 0 Å². The molecule has 1 nitrogen and oxygen atoms in total. The zero-order chi connectivity index (χ0) is 10.5. The molecule has 14 heavy (non-hydrogen) atoms. The van der Waals surface area contributed by atoms with Crippen LogP contribution in [0, 0.1) is 17.3 Å². The van der Waals surface area contributed by atoms with Gasteiger partial charge in [-0.2, -0.15) is 0 Å². The van der Waals surface area contributed by atoms with Crippen molar-refractivity contribution < 1.29 is 0 Å². The summed E-state index contributed by atoms with van der Waals surface area (Å²) < 4.78 is 0. The summed E-state index contributed by atoms with van der Waals surface area (Å²) in [5.74, 6) is 1.96. The third-order valence-electron chi connectivity index (χ3n) is 4.36. The highest BCUT2D eigenvalue weighted by Crippen LogP contribution is 2.50. The molecule has 0 N–H and O–H groups in total. The van der Waals surface area contributed by atoms with Gasteiger partial charge in [0.2, 0.25) is 0 Å². The molecule has 2 aliphatic rings. The average molecular weight is 195 g/mol. The van der Waals surface area contributed by atoms with Crippen molar-refractivity contribution in [3.8, 4) is 0 Å². The van der Waals surface area contributed by atoms with Gasteiger partial charge in [-0.1, -0.05) is 20.8 Å². The molecule has 0 aromatic carbocycles. The van der Waals surface area contributed by atoms with Gasteiger partial charge >= 0.3 is 0 Å². The first-order valence-corrected chi connectivity index (χ1v) is 6.15. The van der Waals surface area contributed by atoms with Crippen LogP contribution in [0.1, 0.15) is 47.5 Å². The SMILES string of the molecule is CC(C)N1CC2C[C@H]1CC2C(C)(C)C. The summed E-state index contributed by atoms with van der Waals surface area (Å²) in [5.41, 5.74) is 0.530. The number of hydrogen-bond acceptors (Lipinski definition) is 1. The highest BCUT2D eigenvalue weighted by Gasteiger charge is 2.48. The fourth-order valence-corrected chi connectivity index (χ4v) is 3.68. The lowest BCUT2D eigenvalue weighted by atomic mass is 9.74. The second-order valence-electron chi connectivity index (χ2n) is 6.65. The number of likely N-dealkylation sites (tertiary alicyclic amines) is 1. The summed E-state index contributed by atoms with van der Waals surface area (Å²) >= 11 is 0. The van der Waals surface area contributed by atoms with Crippen LogP contribution < -0.4 is 0 Å². The summed E-state index contributed by atoms with van der Waals surface area (Å²) in [5, 5.41) is 0. The maximum absolute atomic E-state index is 2.72. The minimum Gasteiger partial charge on any atom is -0.298 e. The summed E-state index contributed by atoms with van der Waals surface area (Å²) in [6, 6.07) is 1.66. The van der Waals surface area contributed by atoms with Gasteiger partial charge in [0.1, 0.15) is 0 Å². The molecule has 2 rings (SSSR count). The van der Waals surface area contributed by atoms with E-state index in [0.29, 0.717) is 5.41 Å². The lowest BCUT2D eigenvalue weighted by Gasteiger charge is -2.39. The maximum atomic E-state index is 2.72. The maximum Gasteiger partial charge on any atom is 0.0104 e. The normalized spacial score (nSPS) is 38.6. The van der Waals surface area contributed by atoms with E-state index >= 15 is 0 Å². The number of nitrogens with zero attached hydrogens (tertiary/aromatic N) is 1. The summed E-state index contributed by atoms with van der Waals surface area (Å²) in [6.07, 6.45) is 2.92. The van der Waals surface area contributed by atoms with Crippen LogP contribution in [0.4, 0.5) is 0 Å². The van der Waals surface area contributed by atoms with Gasteiger partial charge in [0.15, 0.2) is 0 Å². The third kappa shape index (κ3) is 1.60. The number of piperidine rings is 1. The van der Waals surface area contributed by atoms with E-state index in [4.69, 9.17) is 0 Å². The van der Waals surface area contributed by atoms with E-state index in [1.54, 1.807) is 0 Å². The Bertz CT molecular complexity index is 214. The molecule has 0 spiro atoms. The molecule has 0 amide bonds. The molecule has 0 aromatic rings. The standard InChI is InChI=1S/C13H25N/c1-9(2)14-8-10-6-11(14)7-12(10)13(3,4)5/h9-12H,6-8H2,1-5H3/t10?,11-,12?/m0/s1. The van der Waals surface area contributed by atoms with E-state index in [9.17, 15) is 0 Å². The Morgan fingerprint density at radius 3 is 2.14 bits per heavy atom. The molecule has 1 aliphatic heterocycles. The van der Waals surface area contributed by atoms with Gasteiger partial charge in [0.05, 0.1) is 0 Å². The van der Waals surface area contributed by atoms with Gasteiger partial charge in [0, 0.05) is 18.6 Å². The highest BCUT2D eigenvalue weighted by molar-refractivity contribution is 5.01. The molecule has 1 aliphatic carbocycles. The molecule has 82 valence electrons. The Balaban J connectivity index is 2.03. The van der Waals surface area contributed by atoms with Crippen molar-refractivity contribution >= 4 is 0 Å². The van der Waals surface area contributed by atoms with Crippen LogP contribution in [0.3, 0.4) is 0 Å². The molecular formula is C13H25N. The molecule has 1 saturated heterocycles. The van der Waals surface area contributed by atoms with Crippen molar-refractivity contribution in [3.63, 3.8) is 0 Å². The van der Waals surface area contributed by atoms with E-state index in [2.05, 4.69) is 39.5 Å². The lowest BCUT2D eigenvalue weighted by molar-refractivity contribution is 0.0854. The van der Waals surface area contributed by atoms with Crippen LogP contribution in [0.25, 0.3) is 0 Å². The Morgan fingerprint density at radius 2 is 1.79 bits per heavy atom. The Morgan fingerprint density at radius 1 is 1.14 bits per heavy atom. The Kier molecular flexibility index (Phi) is 2.42. The predicted octanol–water partition coefficient (Wildman–Crippen LogP) is 3.15. The first kappa shape index (κ1) is 10.5. The Hall–Kier alpha value is -0.0400. The molecule has 3 atom stereocenters. The monoisotopic (exact) mass is 195 g/mol. The fraction of sp³-hybridized carbons (Fsp3) is 1.00. The zero-order valence-corrected chi connectivity index (χ0v) is 10.4. The van der Waals surface area contributed by atoms with Crippen molar-refractivity contribution in [3.05, 3.63) is 0 Å². The molecular weight excluding hydrogens is 170 g/mol. The molecule has 1 saturated carbocycles. The third-order valence-corrected chi connectivity index (χ3v) is 4.36. The van der Waals surface area contributed by atoms with E-state index in [0.717, 1.165) is 23.9 Å². The first-order valence-electron chi connectivity index (χ1n) is 6.15. The van der Waals surface area contributed by atoms with Crippen molar-refractivity contribution in [2.24, 2.45) is 17.3 Å². The number of rotatable bonds is 1. The molecule has 0 aromatic heterocycles. The van der Waals surface area contributed by atoms with E-state index < -0.39 is 0 Å². The fourth-order valence-electron chi connectivity index (χ4n) is 3.68. The minimum atomic E-state index is 0.530. The smallest absolute Gasteiger partial charge is 0.0104 e. The van der Waals surface area contributed by atoms with Crippen LogP contribution in [0.15, 0.2) is 0 Å². The summed E-state index contributed by atoms with van der Waals surface area (Å²) in [6.45, 7) is 13.3. The van der Waals surface area contributed by atoms with Gasteiger partial charge < -0.3 is 0 Å². The van der Waals surface area contributed by atoms with Crippen molar-refractivity contribution in [2.45, 2.75) is 59.5 Å². The van der Waals surface area contributed by atoms with Gasteiger partial charge in [-0.15, -0.1) is 0 Å². The second kappa shape index (κ2) is 3.23. The zero-order valence-electron chi connectivity index (χ0n) is 10.4. The molecule has 1 heteroatoms. The van der Waals surface area contributed by atoms with E-state index in [1.807, 2.05) is 0 Å². The van der Waals surface area contributed by atoms with Crippen LogP contribution in [-0.2, 0) is 0 Å². The van der Waals surface area contributed by atoms with E-state index in [1.165, 1.54) is 19.4 Å². The second-order valence-corrected chi connectivity index (χ2v) is 6.65. The van der Waals surface area contributed by atoms with Gasteiger partial charge in [-0.25, -0.2) is 0 Å². The topological polar surface area (TPSA) is 3.24 Å². The summed E-state index contributed by atoms with van der Waals surface area (Å²) in [7, 11) is 0. The molecule has 0 radical (unpaired) electrons. The van der Waals surface area contributed by atoms with Crippen LogP contribution >= 0.6 is 0 Å². The number of hydrogen-bond donors (Lipinski definition) is 0. The Labute approximate surface area is 88.9 Å². The van der Waals surface area contributed by atoms with Gasteiger partial charge in [-0.3, -0.25) is 4.90 Å². The van der Waals surface area contributed by atoms with Crippen LogP contribution in [0.2, 0.25) is 0 Å². The van der Waals surface area contributed by atoms with Crippen molar-refractivity contribution in [2.75, 3.05) is 6.54 Å². The first-order chi connectivity index (χ1) is 6.39. The molecule has 2 bridgehead atoms. The molecule has 1 heterocycles. The average Bonchev–Trinajstić information content (AvgIpc) is 2.58.